The van der Waals surface area contributed by atoms with Crippen molar-refractivity contribution < 1.29 is 44.5 Å². The third-order valence-electron chi connectivity index (χ3n) is 1.40. The Hall–Kier alpha value is -0.310. The highest BCUT2D eigenvalue weighted by atomic mass is 31.2. The molecule has 0 bridgehead atoms. The van der Waals surface area contributed by atoms with Gasteiger partial charge in [0.25, 0.3) is 6.10 Å². The van der Waals surface area contributed by atoms with Crippen molar-refractivity contribution in [3.8, 4) is 0 Å². The second kappa shape index (κ2) is 6.23. The van der Waals surface area contributed by atoms with Gasteiger partial charge in [-0.15, -0.1) is 0 Å². The van der Waals surface area contributed by atoms with Gasteiger partial charge in [0.05, 0.1) is 13.2 Å². The first-order valence-electron chi connectivity index (χ1n) is 4.67. The van der Waals surface area contributed by atoms with E-state index in [0.717, 1.165) is 0 Å². The second-order valence-corrected chi connectivity index (χ2v) is 4.47. The highest BCUT2D eigenvalue weighted by Gasteiger charge is 2.61. The number of phosphoric ester groups is 1. The standard InChI is InChI=1S/C7H11F6O4P/c1-3-15-18(14,16-4-2)17-5(6(8,9)10)7(11,12)13/h5H,3-4H2,1-2H3. The van der Waals surface area contributed by atoms with Crippen LogP contribution in [0, 0.1) is 0 Å². The van der Waals surface area contributed by atoms with Gasteiger partial charge in [0.1, 0.15) is 0 Å². The molecule has 0 aliphatic rings. The van der Waals surface area contributed by atoms with Crippen LogP contribution in [0.2, 0.25) is 0 Å². The topological polar surface area (TPSA) is 44.8 Å². The predicted molar refractivity (Wildman–Crippen MR) is 47.8 cm³/mol. The van der Waals surface area contributed by atoms with Gasteiger partial charge in [-0.1, -0.05) is 0 Å². The molecule has 0 unspecified atom stereocenters. The summed E-state index contributed by atoms with van der Waals surface area (Å²) in [7, 11) is -4.91. The molecule has 4 nitrogen and oxygen atoms in total. The molecule has 0 fully saturated rings. The van der Waals surface area contributed by atoms with E-state index in [0.29, 0.717) is 0 Å². The lowest BCUT2D eigenvalue weighted by Gasteiger charge is -2.26. The molecule has 0 radical (unpaired) electrons. The zero-order valence-electron chi connectivity index (χ0n) is 9.34. The van der Waals surface area contributed by atoms with Gasteiger partial charge >= 0.3 is 20.2 Å². The van der Waals surface area contributed by atoms with Crippen molar-refractivity contribution in [2.75, 3.05) is 13.2 Å². The van der Waals surface area contributed by atoms with Gasteiger partial charge in [0.15, 0.2) is 0 Å². The molecule has 110 valence electrons. The van der Waals surface area contributed by atoms with Crippen molar-refractivity contribution in [2.45, 2.75) is 32.3 Å². The van der Waals surface area contributed by atoms with Crippen molar-refractivity contribution in [3.05, 3.63) is 0 Å². The van der Waals surface area contributed by atoms with Crippen LogP contribution in [0.15, 0.2) is 0 Å². The highest BCUT2D eigenvalue weighted by Crippen LogP contribution is 2.54. The molecule has 0 amide bonds. The van der Waals surface area contributed by atoms with Crippen molar-refractivity contribution in [3.63, 3.8) is 0 Å². The fourth-order valence-electron chi connectivity index (χ4n) is 0.849. The SMILES string of the molecule is CCOP(=O)(OCC)OC(C(F)(F)F)C(F)(F)F. The van der Waals surface area contributed by atoms with Gasteiger partial charge in [-0.2, -0.15) is 26.3 Å². The molecular weight excluding hydrogens is 293 g/mol. The molecule has 0 saturated carbocycles. The number of hydrogen-bond donors (Lipinski definition) is 0. The Kier molecular flexibility index (Phi) is 6.12. The third-order valence-corrected chi connectivity index (χ3v) is 3.02. The molecule has 0 heterocycles. The highest BCUT2D eigenvalue weighted by molar-refractivity contribution is 7.48. The Morgan fingerprint density at radius 3 is 1.50 bits per heavy atom. The van der Waals surface area contributed by atoms with E-state index >= 15 is 0 Å². The predicted octanol–water partition coefficient (Wildman–Crippen LogP) is 3.68. The van der Waals surface area contributed by atoms with Gasteiger partial charge in [0, 0.05) is 0 Å². The van der Waals surface area contributed by atoms with Crippen LogP contribution in [0.3, 0.4) is 0 Å². The van der Waals surface area contributed by atoms with E-state index in [-0.39, 0.29) is 0 Å². The minimum Gasteiger partial charge on any atom is -0.287 e. The van der Waals surface area contributed by atoms with Crippen molar-refractivity contribution in [2.24, 2.45) is 0 Å². The molecule has 18 heavy (non-hydrogen) atoms. The minimum absolute atomic E-state index is 0.431. The van der Waals surface area contributed by atoms with E-state index in [1.807, 2.05) is 0 Å². The first-order valence-corrected chi connectivity index (χ1v) is 6.13. The Morgan fingerprint density at radius 2 is 1.28 bits per heavy atom. The summed E-state index contributed by atoms with van der Waals surface area (Å²) < 4.78 is 96.3. The normalized spacial score (nSPS) is 14.3. The lowest BCUT2D eigenvalue weighted by atomic mass is 10.3. The monoisotopic (exact) mass is 304 g/mol. The Balaban J connectivity index is 5.12. The zero-order valence-corrected chi connectivity index (χ0v) is 10.2. The van der Waals surface area contributed by atoms with Gasteiger partial charge in [-0.25, -0.2) is 4.57 Å². The molecule has 0 spiro atoms. The minimum atomic E-state index is -5.78. The van der Waals surface area contributed by atoms with Crippen LogP contribution >= 0.6 is 7.82 Å². The average molecular weight is 304 g/mol. The number of phosphoric acid groups is 1. The summed E-state index contributed by atoms with van der Waals surface area (Å²) in [6.45, 7) is 1.57. The fraction of sp³-hybridized carbons (Fsp3) is 1.00. The molecule has 0 rings (SSSR count). The van der Waals surface area contributed by atoms with Crippen molar-refractivity contribution in [1.29, 1.82) is 0 Å². The molecule has 0 atom stereocenters. The summed E-state index contributed by atoms with van der Waals surface area (Å²) in [6, 6.07) is 0. The van der Waals surface area contributed by atoms with E-state index in [4.69, 9.17) is 0 Å². The van der Waals surface area contributed by atoms with Crippen molar-refractivity contribution >= 4 is 7.82 Å². The largest absolute Gasteiger partial charge is 0.475 e. The van der Waals surface area contributed by atoms with Gasteiger partial charge in [-0.05, 0) is 13.8 Å². The summed E-state index contributed by atoms with van der Waals surface area (Å²) in [5.74, 6) is 0. The van der Waals surface area contributed by atoms with Crippen LogP contribution in [-0.2, 0) is 18.1 Å². The van der Waals surface area contributed by atoms with Crippen LogP contribution in [0.1, 0.15) is 13.8 Å². The molecule has 0 N–H and O–H groups in total. The number of alkyl halides is 6. The summed E-state index contributed by atoms with van der Waals surface area (Å²) >= 11 is 0. The van der Waals surface area contributed by atoms with Crippen LogP contribution in [0.25, 0.3) is 0 Å². The number of halogens is 6. The van der Waals surface area contributed by atoms with Gasteiger partial charge in [0.2, 0.25) is 0 Å². The smallest absolute Gasteiger partial charge is 0.287 e. The first-order chi connectivity index (χ1) is 7.96. The Bertz CT molecular complexity index is 277. The summed E-state index contributed by atoms with van der Waals surface area (Å²) in [6.07, 6.45) is -15.8. The maximum atomic E-state index is 12.1. The maximum Gasteiger partial charge on any atom is 0.475 e. The Labute approximate surface area is 98.8 Å². The number of rotatable bonds is 6. The van der Waals surface area contributed by atoms with Crippen LogP contribution < -0.4 is 0 Å². The average Bonchev–Trinajstić information content (AvgIpc) is 2.11. The molecular formula is C7H11F6O4P. The van der Waals surface area contributed by atoms with Gasteiger partial charge in [-0.3, -0.25) is 13.6 Å². The lowest BCUT2D eigenvalue weighted by Crippen LogP contribution is -2.43. The fourth-order valence-corrected chi connectivity index (χ4v) is 2.17. The summed E-state index contributed by atoms with van der Waals surface area (Å²) in [5.41, 5.74) is 0. The molecule has 0 aliphatic heterocycles. The third kappa shape index (κ3) is 5.55. The van der Waals surface area contributed by atoms with E-state index in [1.165, 1.54) is 13.8 Å². The zero-order chi connectivity index (χ0) is 14.6. The van der Waals surface area contributed by atoms with Gasteiger partial charge < -0.3 is 0 Å². The summed E-state index contributed by atoms with van der Waals surface area (Å²) in [5, 5.41) is 0. The maximum absolute atomic E-state index is 12.1. The van der Waals surface area contributed by atoms with E-state index in [2.05, 4.69) is 13.6 Å². The molecule has 0 aromatic heterocycles. The van der Waals surface area contributed by atoms with Crippen LogP contribution in [0.4, 0.5) is 26.3 Å². The Morgan fingerprint density at radius 1 is 0.944 bits per heavy atom. The van der Waals surface area contributed by atoms with E-state index < -0.39 is 39.5 Å². The van der Waals surface area contributed by atoms with Crippen LogP contribution in [0.5, 0.6) is 0 Å². The van der Waals surface area contributed by atoms with E-state index in [9.17, 15) is 30.9 Å². The van der Waals surface area contributed by atoms with Crippen molar-refractivity contribution in [1.82, 2.24) is 0 Å². The quantitative estimate of drug-likeness (QED) is 0.555. The molecule has 0 aliphatic carbocycles. The molecule has 0 aromatic rings. The molecule has 0 aromatic carbocycles. The first kappa shape index (κ1) is 17.7. The second-order valence-electron chi connectivity index (χ2n) is 2.85. The molecule has 0 saturated heterocycles. The van der Waals surface area contributed by atoms with Crippen LogP contribution in [-0.4, -0.2) is 31.7 Å². The molecule has 11 heteroatoms. The summed E-state index contributed by atoms with van der Waals surface area (Å²) in [4.78, 5) is 0. The number of hydrogen-bond acceptors (Lipinski definition) is 4. The van der Waals surface area contributed by atoms with E-state index in [1.54, 1.807) is 0 Å². The lowest BCUT2D eigenvalue weighted by molar-refractivity contribution is -0.303.